The fraction of sp³-hybridized carbons (Fsp3) is 0.800. The highest BCUT2D eigenvalue weighted by Gasteiger charge is 2.22. The summed E-state index contributed by atoms with van der Waals surface area (Å²) in [4.78, 5) is 8.33. The third-order valence-electron chi connectivity index (χ3n) is 1.03. The first-order valence-corrected chi connectivity index (χ1v) is 2.89. The summed E-state index contributed by atoms with van der Waals surface area (Å²) in [5.41, 5.74) is 0. The molecule has 2 N–H and O–H groups in total. The lowest BCUT2D eigenvalue weighted by molar-refractivity contribution is -0.415. The lowest BCUT2D eigenvalue weighted by Gasteiger charge is -2.02. The summed E-state index contributed by atoms with van der Waals surface area (Å²) in [7, 11) is 0. The van der Waals surface area contributed by atoms with E-state index in [9.17, 15) is 0 Å². The number of carbonyl (C=O) groups excluding carboxylic acids is 1. The Morgan fingerprint density at radius 1 is 1.45 bits per heavy atom. The molecule has 1 fully saturated rings. The third-order valence-corrected chi connectivity index (χ3v) is 1.03. The Morgan fingerprint density at radius 2 is 1.91 bits per heavy atom. The van der Waals surface area contributed by atoms with Crippen LogP contribution in [0.5, 0.6) is 0 Å². The topological polar surface area (TPSA) is 113 Å². The highest BCUT2D eigenvalue weighted by atomic mass is 16.6. The molecule has 11 heavy (non-hydrogen) atoms. The molecule has 0 bridgehead atoms. The maximum Gasteiger partial charge on any atom is 0.180 e. The number of hydrogen-bond donors (Lipinski definition) is 2. The van der Waals surface area contributed by atoms with E-state index < -0.39 is 18.5 Å². The largest absolute Gasteiger partial charge is 0.652 e. The van der Waals surface area contributed by atoms with E-state index in [0.717, 1.165) is 0 Å². The van der Waals surface area contributed by atoms with E-state index in [1.165, 1.54) is 0 Å². The Bertz CT molecular complexity index is 112. The van der Waals surface area contributed by atoms with E-state index in [1.807, 2.05) is 0 Å². The van der Waals surface area contributed by atoms with Gasteiger partial charge in [-0.3, -0.25) is 0 Å². The van der Waals surface area contributed by atoms with E-state index in [4.69, 9.17) is 25.2 Å². The van der Waals surface area contributed by atoms with Crippen LogP contribution < -0.4 is 10.2 Å². The predicted octanol–water partition coefficient (Wildman–Crippen LogP) is -3.36. The van der Waals surface area contributed by atoms with Gasteiger partial charge in [0.1, 0.15) is 6.10 Å². The SMILES string of the molecule is O=C([O-])[O-].OC1CCOC1O. The zero-order valence-corrected chi connectivity index (χ0v) is 5.60. The van der Waals surface area contributed by atoms with Crippen molar-refractivity contribution in [2.24, 2.45) is 0 Å². The van der Waals surface area contributed by atoms with Crippen LogP contribution in [0.15, 0.2) is 0 Å². The summed E-state index contributed by atoms with van der Waals surface area (Å²) in [5, 5.41) is 33.8. The van der Waals surface area contributed by atoms with Crippen LogP contribution in [-0.4, -0.2) is 35.4 Å². The minimum Gasteiger partial charge on any atom is -0.652 e. The van der Waals surface area contributed by atoms with Crippen LogP contribution in [0.2, 0.25) is 0 Å². The summed E-state index contributed by atoms with van der Waals surface area (Å²) in [5.74, 6) is 0. The van der Waals surface area contributed by atoms with Crippen LogP contribution in [-0.2, 0) is 4.74 Å². The average Bonchev–Trinajstić information content (AvgIpc) is 2.15. The van der Waals surface area contributed by atoms with Gasteiger partial charge in [0, 0.05) is 6.42 Å². The summed E-state index contributed by atoms with van der Waals surface area (Å²) >= 11 is 0. The molecule has 6 heteroatoms. The smallest absolute Gasteiger partial charge is 0.180 e. The molecule has 1 aliphatic rings. The minimum atomic E-state index is -2.33. The fourth-order valence-electron chi connectivity index (χ4n) is 0.563. The van der Waals surface area contributed by atoms with Crippen molar-refractivity contribution in [3.05, 3.63) is 0 Å². The maximum atomic E-state index is 8.62. The van der Waals surface area contributed by atoms with Crippen LogP contribution in [0.1, 0.15) is 6.42 Å². The quantitative estimate of drug-likeness (QED) is 0.386. The third kappa shape index (κ3) is 5.59. The summed E-state index contributed by atoms with van der Waals surface area (Å²) in [6.45, 7) is 0.475. The monoisotopic (exact) mass is 164 g/mol. The van der Waals surface area contributed by atoms with Gasteiger partial charge < -0.3 is 30.0 Å². The van der Waals surface area contributed by atoms with Gasteiger partial charge in [-0.2, -0.15) is 0 Å². The maximum absolute atomic E-state index is 8.62. The second-order valence-electron chi connectivity index (χ2n) is 1.87. The molecule has 1 saturated heterocycles. The molecule has 0 amide bonds. The summed E-state index contributed by atoms with van der Waals surface area (Å²) in [6.07, 6.45) is -3.36. The highest BCUT2D eigenvalue weighted by Crippen LogP contribution is 2.08. The molecule has 0 aliphatic carbocycles. The Labute approximate surface area is 62.7 Å². The van der Waals surface area contributed by atoms with Crippen LogP contribution in [0.25, 0.3) is 0 Å². The molecule has 66 valence electrons. The highest BCUT2D eigenvalue weighted by molar-refractivity contribution is 5.47. The molecule has 1 rings (SSSR count). The van der Waals surface area contributed by atoms with E-state index in [-0.39, 0.29) is 0 Å². The summed E-state index contributed by atoms with van der Waals surface area (Å²) < 4.78 is 4.57. The summed E-state index contributed by atoms with van der Waals surface area (Å²) in [6, 6.07) is 0. The number of carboxylic acid groups (broad SMARTS) is 2. The number of rotatable bonds is 0. The van der Waals surface area contributed by atoms with Gasteiger partial charge in [-0.1, -0.05) is 0 Å². The molecular weight excluding hydrogens is 156 g/mol. The van der Waals surface area contributed by atoms with Crippen molar-refractivity contribution < 1.29 is 30.0 Å². The zero-order valence-electron chi connectivity index (χ0n) is 5.60. The van der Waals surface area contributed by atoms with E-state index >= 15 is 0 Å². The lowest BCUT2D eigenvalue weighted by Crippen LogP contribution is -2.37. The molecule has 0 radical (unpaired) electrons. The number of aliphatic hydroxyl groups excluding tert-OH is 2. The second kappa shape index (κ2) is 4.89. The second-order valence-corrected chi connectivity index (χ2v) is 1.87. The van der Waals surface area contributed by atoms with E-state index in [0.29, 0.717) is 13.0 Å². The molecule has 0 saturated carbocycles. The number of aliphatic hydroxyl groups is 2. The van der Waals surface area contributed by atoms with E-state index in [2.05, 4.69) is 4.74 Å². The van der Waals surface area contributed by atoms with Gasteiger partial charge in [0.15, 0.2) is 6.29 Å². The first kappa shape index (κ1) is 10.2. The standard InChI is InChI=1S/C4H8O3.CH2O3/c5-3-1-2-7-4(3)6;2-1(3)4/h3-6H,1-2H2;(H2,2,3,4)/p-2. The number of hydrogen-bond acceptors (Lipinski definition) is 6. The molecular formula is C5H8O6-2. The number of carbonyl (C=O) groups is 1. The first-order valence-electron chi connectivity index (χ1n) is 2.89. The van der Waals surface area contributed by atoms with Gasteiger partial charge in [-0.15, -0.1) is 0 Å². The molecule has 6 nitrogen and oxygen atoms in total. The van der Waals surface area contributed by atoms with Crippen LogP contribution >= 0.6 is 0 Å². The van der Waals surface area contributed by atoms with Crippen molar-refractivity contribution in [1.29, 1.82) is 0 Å². The van der Waals surface area contributed by atoms with Crippen molar-refractivity contribution in [2.45, 2.75) is 18.8 Å². The van der Waals surface area contributed by atoms with Crippen molar-refractivity contribution in [3.8, 4) is 0 Å². The van der Waals surface area contributed by atoms with Crippen LogP contribution in [0.3, 0.4) is 0 Å². The Morgan fingerprint density at radius 3 is 2.00 bits per heavy atom. The van der Waals surface area contributed by atoms with Crippen molar-refractivity contribution in [3.63, 3.8) is 0 Å². The molecule has 2 unspecified atom stereocenters. The Kier molecular flexibility index (Phi) is 4.51. The van der Waals surface area contributed by atoms with Crippen LogP contribution in [0, 0.1) is 0 Å². The van der Waals surface area contributed by atoms with Gasteiger partial charge in [-0.05, 0) is 6.16 Å². The van der Waals surface area contributed by atoms with Gasteiger partial charge in [0.05, 0.1) is 6.61 Å². The van der Waals surface area contributed by atoms with Gasteiger partial charge in [0.2, 0.25) is 0 Å². The molecule has 0 aromatic carbocycles. The van der Waals surface area contributed by atoms with Crippen molar-refractivity contribution >= 4 is 6.16 Å². The van der Waals surface area contributed by atoms with Crippen LogP contribution in [0.4, 0.5) is 4.79 Å². The van der Waals surface area contributed by atoms with Crippen molar-refractivity contribution in [1.82, 2.24) is 0 Å². The minimum absolute atomic E-state index is 0.475. The van der Waals surface area contributed by atoms with Gasteiger partial charge in [-0.25, -0.2) is 0 Å². The molecule has 1 heterocycles. The molecule has 0 aromatic rings. The first-order chi connectivity index (χ1) is 5.04. The average molecular weight is 164 g/mol. The molecule has 1 aliphatic heterocycles. The van der Waals surface area contributed by atoms with Gasteiger partial charge >= 0.3 is 0 Å². The zero-order chi connectivity index (χ0) is 8.85. The Hall–Kier alpha value is -0.850. The van der Waals surface area contributed by atoms with Crippen molar-refractivity contribution in [2.75, 3.05) is 6.61 Å². The fourth-order valence-corrected chi connectivity index (χ4v) is 0.563. The number of ether oxygens (including phenoxy) is 1. The Balaban J connectivity index is 0.000000218. The lowest BCUT2D eigenvalue weighted by atomic mass is 10.3. The van der Waals surface area contributed by atoms with Gasteiger partial charge in [0.25, 0.3) is 0 Å². The molecule has 0 aromatic heterocycles. The predicted molar refractivity (Wildman–Crippen MR) is 28.0 cm³/mol. The molecule has 0 spiro atoms. The normalized spacial score (nSPS) is 28.9. The van der Waals surface area contributed by atoms with E-state index in [1.54, 1.807) is 0 Å². The molecule has 2 atom stereocenters.